The fraction of sp³-hybridized carbons (Fsp3) is 0.241. The molecule has 0 saturated carbocycles. The van der Waals surface area contributed by atoms with E-state index in [9.17, 15) is 14.7 Å². The number of carbonyl (C=O) groups excluding carboxylic acids is 2. The van der Waals surface area contributed by atoms with E-state index in [0.29, 0.717) is 35.2 Å². The molecule has 1 aliphatic heterocycles. The van der Waals surface area contributed by atoms with Crippen molar-refractivity contribution in [1.29, 1.82) is 0 Å². The van der Waals surface area contributed by atoms with E-state index in [1.165, 1.54) is 19.1 Å². The molecule has 0 aromatic heterocycles. The topological polar surface area (TPSA) is 94.5 Å². The van der Waals surface area contributed by atoms with Gasteiger partial charge in [-0.2, -0.15) is 0 Å². The van der Waals surface area contributed by atoms with E-state index in [1.54, 1.807) is 49.6 Å². The fourth-order valence-corrected chi connectivity index (χ4v) is 4.37. The average Bonchev–Trinajstić information content (AvgIpc) is 3.18. The summed E-state index contributed by atoms with van der Waals surface area (Å²) in [6, 6.07) is 18.4. The molecule has 0 aliphatic carbocycles. The second-order valence-corrected chi connectivity index (χ2v) is 8.34. The van der Waals surface area contributed by atoms with Gasteiger partial charge >= 0.3 is 0 Å². The molecule has 0 radical (unpaired) electrons. The summed E-state index contributed by atoms with van der Waals surface area (Å²) in [7, 11) is 4.52. The lowest BCUT2D eigenvalue weighted by Crippen LogP contribution is -2.29. The molecule has 1 amide bonds. The van der Waals surface area contributed by atoms with E-state index in [1.807, 2.05) is 31.2 Å². The van der Waals surface area contributed by atoms with Gasteiger partial charge in [-0.3, -0.25) is 9.59 Å². The first-order valence-corrected chi connectivity index (χ1v) is 11.8. The summed E-state index contributed by atoms with van der Waals surface area (Å²) in [5.41, 5.74) is 1.67. The molecular formula is C29H29NO7. The first-order valence-electron chi connectivity index (χ1n) is 11.8. The van der Waals surface area contributed by atoms with Gasteiger partial charge in [-0.05, 0) is 60.5 Å². The molecule has 3 aromatic rings. The van der Waals surface area contributed by atoms with Crippen LogP contribution in [-0.2, 0) is 16.1 Å². The molecule has 0 bridgehead atoms. The summed E-state index contributed by atoms with van der Waals surface area (Å²) in [6.45, 7) is 2.60. The van der Waals surface area contributed by atoms with Crippen LogP contribution in [0.2, 0.25) is 0 Å². The van der Waals surface area contributed by atoms with Crippen LogP contribution >= 0.6 is 0 Å². The number of ether oxygens (including phenoxy) is 4. The Bertz CT molecular complexity index is 1310. The fourth-order valence-electron chi connectivity index (χ4n) is 4.37. The van der Waals surface area contributed by atoms with Crippen LogP contribution in [-0.4, -0.2) is 49.6 Å². The van der Waals surface area contributed by atoms with Gasteiger partial charge in [0, 0.05) is 6.54 Å². The molecular weight excluding hydrogens is 474 g/mol. The van der Waals surface area contributed by atoms with Gasteiger partial charge in [0.1, 0.15) is 28.8 Å². The highest BCUT2D eigenvalue weighted by atomic mass is 16.5. The van der Waals surface area contributed by atoms with Crippen LogP contribution in [0.25, 0.3) is 5.76 Å². The van der Waals surface area contributed by atoms with Crippen LogP contribution in [0.4, 0.5) is 0 Å². The highest BCUT2D eigenvalue weighted by Crippen LogP contribution is 2.42. The Kier molecular flexibility index (Phi) is 7.67. The summed E-state index contributed by atoms with van der Waals surface area (Å²) in [4.78, 5) is 28.2. The number of aliphatic hydroxyl groups excluding tert-OH is 1. The van der Waals surface area contributed by atoms with Crippen LogP contribution < -0.4 is 18.9 Å². The van der Waals surface area contributed by atoms with Crippen molar-refractivity contribution in [1.82, 2.24) is 4.90 Å². The van der Waals surface area contributed by atoms with Crippen molar-refractivity contribution in [2.75, 3.05) is 27.9 Å². The Hall–Kier alpha value is -4.46. The zero-order chi connectivity index (χ0) is 26.5. The summed E-state index contributed by atoms with van der Waals surface area (Å²) < 4.78 is 21.5. The van der Waals surface area contributed by atoms with Gasteiger partial charge < -0.3 is 29.0 Å². The number of benzene rings is 3. The first-order chi connectivity index (χ1) is 17.9. The number of ketones is 1. The molecule has 1 saturated heterocycles. The van der Waals surface area contributed by atoms with Gasteiger partial charge in [0.05, 0.1) is 45.1 Å². The Labute approximate surface area is 215 Å². The molecule has 1 fully saturated rings. The molecule has 1 N–H and O–H groups in total. The summed E-state index contributed by atoms with van der Waals surface area (Å²) in [6.07, 6.45) is 0. The zero-order valence-electron chi connectivity index (χ0n) is 21.2. The van der Waals surface area contributed by atoms with Crippen molar-refractivity contribution in [3.63, 3.8) is 0 Å². The van der Waals surface area contributed by atoms with Gasteiger partial charge in [-0.1, -0.05) is 24.3 Å². The first kappa shape index (κ1) is 25.6. The third kappa shape index (κ3) is 5.09. The number of aliphatic hydroxyl groups is 1. The smallest absolute Gasteiger partial charge is 0.295 e. The van der Waals surface area contributed by atoms with E-state index in [2.05, 4.69) is 0 Å². The van der Waals surface area contributed by atoms with Crippen LogP contribution in [0.15, 0.2) is 72.3 Å². The van der Waals surface area contributed by atoms with Crippen molar-refractivity contribution in [2.24, 2.45) is 0 Å². The maximum Gasteiger partial charge on any atom is 0.295 e. The van der Waals surface area contributed by atoms with E-state index in [0.717, 1.165) is 5.56 Å². The summed E-state index contributed by atoms with van der Waals surface area (Å²) >= 11 is 0. The van der Waals surface area contributed by atoms with Crippen molar-refractivity contribution in [3.8, 4) is 23.0 Å². The second-order valence-electron chi connectivity index (χ2n) is 8.34. The average molecular weight is 504 g/mol. The summed E-state index contributed by atoms with van der Waals surface area (Å²) in [5.74, 6) is 0.305. The number of hydrogen-bond acceptors (Lipinski definition) is 7. The highest BCUT2D eigenvalue weighted by molar-refractivity contribution is 6.46. The highest BCUT2D eigenvalue weighted by Gasteiger charge is 2.46. The molecule has 1 aliphatic rings. The minimum absolute atomic E-state index is 0.0346. The van der Waals surface area contributed by atoms with Crippen LogP contribution in [0.1, 0.15) is 29.7 Å². The molecule has 37 heavy (non-hydrogen) atoms. The lowest BCUT2D eigenvalue weighted by atomic mass is 9.94. The van der Waals surface area contributed by atoms with Crippen LogP contribution in [0, 0.1) is 0 Å². The zero-order valence-corrected chi connectivity index (χ0v) is 21.2. The predicted octanol–water partition coefficient (Wildman–Crippen LogP) is 4.73. The predicted molar refractivity (Wildman–Crippen MR) is 138 cm³/mol. The number of amides is 1. The number of methoxy groups -OCH3 is 3. The van der Waals surface area contributed by atoms with E-state index < -0.39 is 17.7 Å². The Morgan fingerprint density at radius 2 is 1.46 bits per heavy atom. The minimum atomic E-state index is -0.839. The number of hydrogen-bond donors (Lipinski definition) is 1. The lowest BCUT2D eigenvalue weighted by molar-refractivity contribution is -0.140. The third-order valence-electron chi connectivity index (χ3n) is 6.22. The largest absolute Gasteiger partial charge is 0.507 e. The molecule has 1 heterocycles. The lowest BCUT2D eigenvalue weighted by Gasteiger charge is -2.26. The van der Waals surface area contributed by atoms with Crippen molar-refractivity contribution in [2.45, 2.75) is 19.5 Å². The summed E-state index contributed by atoms with van der Waals surface area (Å²) in [5, 5.41) is 11.5. The second kappa shape index (κ2) is 11.1. The third-order valence-corrected chi connectivity index (χ3v) is 6.22. The monoisotopic (exact) mass is 503 g/mol. The normalized spacial score (nSPS) is 16.5. The number of carbonyl (C=O) groups is 2. The van der Waals surface area contributed by atoms with Gasteiger partial charge in [0.25, 0.3) is 11.7 Å². The van der Waals surface area contributed by atoms with Crippen molar-refractivity contribution >= 4 is 17.4 Å². The molecule has 3 aromatic carbocycles. The van der Waals surface area contributed by atoms with Crippen molar-refractivity contribution < 1.29 is 33.6 Å². The molecule has 8 heteroatoms. The van der Waals surface area contributed by atoms with E-state index in [-0.39, 0.29) is 23.4 Å². The molecule has 8 nitrogen and oxygen atoms in total. The molecule has 4 rings (SSSR count). The molecule has 0 spiro atoms. The standard InChI is InChI=1S/C29H29NO7/c1-5-37-21-10-6-18(7-11-21)17-30-26(19-8-12-20(34-2)13-9-19)25(28(32)29(30)33)27(31)23-16-22(35-3)14-15-24(23)36-4/h6-16,26,31H,5,17H2,1-4H3/b27-25+. The number of nitrogens with zero attached hydrogens (tertiary/aromatic N) is 1. The number of rotatable bonds is 9. The maximum absolute atomic E-state index is 13.4. The van der Waals surface area contributed by atoms with Crippen LogP contribution in [0.5, 0.6) is 23.0 Å². The van der Waals surface area contributed by atoms with Gasteiger partial charge in [0.15, 0.2) is 0 Å². The van der Waals surface area contributed by atoms with Crippen molar-refractivity contribution in [3.05, 3.63) is 89.0 Å². The Morgan fingerprint density at radius 3 is 2.05 bits per heavy atom. The maximum atomic E-state index is 13.4. The molecule has 1 atom stereocenters. The van der Waals surface area contributed by atoms with Crippen LogP contribution in [0.3, 0.4) is 0 Å². The van der Waals surface area contributed by atoms with Gasteiger partial charge in [-0.25, -0.2) is 0 Å². The van der Waals surface area contributed by atoms with Gasteiger partial charge in [0.2, 0.25) is 0 Å². The minimum Gasteiger partial charge on any atom is -0.507 e. The molecule has 1 unspecified atom stereocenters. The van der Waals surface area contributed by atoms with Gasteiger partial charge in [-0.15, -0.1) is 0 Å². The van der Waals surface area contributed by atoms with E-state index in [4.69, 9.17) is 18.9 Å². The van der Waals surface area contributed by atoms with E-state index >= 15 is 0 Å². The Balaban J connectivity index is 1.84. The SMILES string of the molecule is CCOc1ccc(CN2C(=O)C(=O)/C(=C(/O)c3cc(OC)ccc3OC)C2c2ccc(OC)cc2)cc1. The number of Topliss-reactive ketones (excluding diaryl/α,β-unsaturated/α-hetero) is 1. The Morgan fingerprint density at radius 1 is 0.838 bits per heavy atom. The molecule has 192 valence electrons. The quantitative estimate of drug-likeness (QED) is 0.256. The number of likely N-dealkylation sites (tertiary alicyclic amines) is 1.